The smallest absolute Gasteiger partial charge is 0.0615 e. The van der Waals surface area contributed by atoms with Gasteiger partial charge in [-0.3, -0.25) is 4.90 Å². The highest BCUT2D eigenvalue weighted by molar-refractivity contribution is 4.69. The summed E-state index contributed by atoms with van der Waals surface area (Å²) in [5, 5.41) is 3.51. The Balaban J connectivity index is 3.91. The second-order valence-electron chi connectivity index (χ2n) is 4.60. The topological polar surface area (TPSA) is 33.7 Å². The van der Waals surface area contributed by atoms with Gasteiger partial charge in [-0.15, -0.1) is 0 Å². The van der Waals surface area contributed by atoms with Crippen LogP contribution in [0, 0.1) is 0 Å². The zero-order valence-corrected chi connectivity index (χ0v) is 12.2. The van der Waals surface area contributed by atoms with Gasteiger partial charge in [0.25, 0.3) is 0 Å². The van der Waals surface area contributed by atoms with E-state index in [-0.39, 0.29) is 0 Å². The molecule has 0 rings (SSSR count). The van der Waals surface area contributed by atoms with Crippen LogP contribution >= 0.6 is 0 Å². The molecule has 17 heavy (non-hydrogen) atoms. The van der Waals surface area contributed by atoms with Crippen molar-refractivity contribution in [3.63, 3.8) is 0 Å². The third-order valence-electron chi connectivity index (χ3n) is 3.12. The Morgan fingerprint density at radius 2 is 1.82 bits per heavy atom. The van der Waals surface area contributed by atoms with Gasteiger partial charge in [0.2, 0.25) is 0 Å². The molecule has 2 unspecified atom stereocenters. The Morgan fingerprint density at radius 3 is 2.35 bits per heavy atom. The summed E-state index contributed by atoms with van der Waals surface area (Å²) in [5.74, 6) is 0. The molecule has 4 nitrogen and oxygen atoms in total. The molecule has 0 radical (unpaired) electrons. The number of methoxy groups -OCH3 is 2. The molecule has 0 saturated carbocycles. The van der Waals surface area contributed by atoms with Crippen LogP contribution in [-0.4, -0.2) is 64.1 Å². The summed E-state index contributed by atoms with van der Waals surface area (Å²) in [4.78, 5) is 2.41. The largest absolute Gasteiger partial charge is 0.383 e. The minimum atomic E-state index is 0.439. The molecule has 0 aliphatic heterocycles. The second-order valence-corrected chi connectivity index (χ2v) is 4.60. The average molecular weight is 246 g/mol. The highest BCUT2D eigenvalue weighted by Gasteiger charge is 2.13. The van der Waals surface area contributed by atoms with Crippen molar-refractivity contribution in [1.82, 2.24) is 10.2 Å². The number of nitrogens with one attached hydrogen (secondary N) is 1. The van der Waals surface area contributed by atoms with Gasteiger partial charge in [-0.05, 0) is 20.3 Å². The van der Waals surface area contributed by atoms with Crippen LogP contribution in [0.1, 0.15) is 27.2 Å². The molecule has 0 aliphatic rings. The number of hydrogen-bond donors (Lipinski definition) is 1. The molecule has 0 aliphatic carbocycles. The van der Waals surface area contributed by atoms with Crippen molar-refractivity contribution >= 4 is 0 Å². The van der Waals surface area contributed by atoms with E-state index in [1.54, 1.807) is 14.2 Å². The Hall–Kier alpha value is -0.160. The highest BCUT2D eigenvalue weighted by Crippen LogP contribution is 1.99. The van der Waals surface area contributed by atoms with Crippen LogP contribution in [-0.2, 0) is 9.47 Å². The lowest BCUT2D eigenvalue weighted by Gasteiger charge is -2.29. The van der Waals surface area contributed by atoms with E-state index in [1.807, 2.05) is 0 Å². The van der Waals surface area contributed by atoms with Crippen molar-refractivity contribution in [3.05, 3.63) is 0 Å². The van der Waals surface area contributed by atoms with E-state index in [4.69, 9.17) is 9.47 Å². The number of ether oxygens (including phenoxy) is 2. The Labute approximate surface area is 107 Å². The minimum Gasteiger partial charge on any atom is -0.383 e. The first-order chi connectivity index (χ1) is 8.15. The van der Waals surface area contributed by atoms with Crippen molar-refractivity contribution in [2.24, 2.45) is 0 Å². The first-order valence-electron chi connectivity index (χ1n) is 6.61. The third-order valence-corrected chi connectivity index (χ3v) is 3.12. The molecule has 0 saturated heterocycles. The first kappa shape index (κ1) is 16.8. The van der Waals surface area contributed by atoms with Crippen molar-refractivity contribution < 1.29 is 9.47 Å². The molecule has 0 bridgehead atoms. The molecule has 0 aromatic heterocycles. The van der Waals surface area contributed by atoms with E-state index in [2.05, 4.69) is 31.0 Å². The molecule has 2 atom stereocenters. The molecule has 0 aromatic carbocycles. The van der Waals surface area contributed by atoms with Gasteiger partial charge in [-0.2, -0.15) is 0 Å². The summed E-state index contributed by atoms with van der Waals surface area (Å²) in [6.45, 7) is 11.2. The molecule has 0 fully saturated rings. The molecule has 0 spiro atoms. The van der Waals surface area contributed by atoms with E-state index >= 15 is 0 Å². The van der Waals surface area contributed by atoms with Gasteiger partial charge in [0, 0.05) is 45.9 Å². The minimum absolute atomic E-state index is 0.439. The summed E-state index contributed by atoms with van der Waals surface area (Å²) in [6, 6.07) is 1.03. The zero-order chi connectivity index (χ0) is 13.1. The number of rotatable bonds is 11. The number of nitrogens with zero attached hydrogens (tertiary/aromatic N) is 1. The Kier molecular flexibility index (Phi) is 10.9. The van der Waals surface area contributed by atoms with Crippen LogP contribution < -0.4 is 5.32 Å². The van der Waals surface area contributed by atoms with Crippen molar-refractivity contribution in [2.45, 2.75) is 39.3 Å². The molecule has 1 N–H and O–H groups in total. The monoisotopic (exact) mass is 246 g/mol. The van der Waals surface area contributed by atoms with Gasteiger partial charge >= 0.3 is 0 Å². The highest BCUT2D eigenvalue weighted by atomic mass is 16.5. The fraction of sp³-hybridized carbons (Fsp3) is 1.00. The van der Waals surface area contributed by atoms with Gasteiger partial charge in [-0.25, -0.2) is 0 Å². The van der Waals surface area contributed by atoms with Crippen LogP contribution in [0.5, 0.6) is 0 Å². The van der Waals surface area contributed by atoms with Crippen LogP contribution in [0.3, 0.4) is 0 Å². The van der Waals surface area contributed by atoms with Crippen LogP contribution in [0.25, 0.3) is 0 Å². The second kappa shape index (κ2) is 11.0. The predicted octanol–water partition coefficient (Wildman–Crippen LogP) is 1.36. The maximum absolute atomic E-state index is 5.21. The van der Waals surface area contributed by atoms with Crippen LogP contribution in [0.15, 0.2) is 0 Å². The lowest BCUT2D eigenvalue weighted by atomic mass is 10.2. The lowest BCUT2D eigenvalue weighted by Crippen LogP contribution is -2.43. The molecule has 0 heterocycles. The maximum atomic E-state index is 5.21. The molecule has 4 heteroatoms. The molecule has 104 valence electrons. The normalized spacial score (nSPS) is 15.2. The molecular weight excluding hydrogens is 216 g/mol. The van der Waals surface area contributed by atoms with E-state index < -0.39 is 0 Å². The summed E-state index contributed by atoms with van der Waals surface area (Å²) >= 11 is 0. The quantitative estimate of drug-likeness (QED) is 0.597. The fourth-order valence-corrected chi connectivity index (χ4v) is 1.71. The predicted molar refractivity (Wildman–Crippen MR) is 72.5 cm³/mol. The summed E-state index contributed by atoms with van der Waals surface area (Å²) in [7, 11) is 3.50. The molecular formula is C13H30N2O2. The van der Waals surface area contributed by atoms with E-state index in [1.165, 1.54) is 6.42 Å². The maximum Gasteiger partial charge on any atom is 0.0615 e. The van der Waals surface area contributed by atoms with E-state index in [9.17, 15) is 0 Å². The van der Waals surface area contributed by atoms with Gasteiger partial charge in [0.1, 0.15) is 0 Å². The van der Waals surface area contributed by atoms with Gasteiger partial charge in [0.15, 0.2) is 0 Å². The van der Waals surface area contributed by atoms with Crippen molar-refractivity contribution in [1.29, 1.82) is 0 Å². The van der Waals surface area contributed by atoms with Crippen LogP contribution in [0.4, 0.5) is 0 Å². The number of hydrogen-bond acceptors (Lipinski definition) is 4. The summed E-state index contributed by atoms with van der Waals surface area (Å²) in [6.07, 6.45) is 1.17. The Morgan fingerprint density at radius 1 is 1.12 bits per heavy atom. The molecule has 0 aromatic rings. The van der Waals surface area contributed by atoms with Gasteiger partial charge < -0.3 is 14.8 Å². The van der Waals surface area contributed by atoms with Crippen molar-refractivity contribution in [3.8, 4) is 0 Å². The van der Waals surface area contributed by atoms with Gasteiger partial charge in [-0.1, -0.05) is 6.92 Å². The summed E-state index contributed by atoms with van der Waals surface area (Å²) < 4.78 is 10.4. The standard InChI is InChI=1S/C13H30N2O2/c1-6-12(2)14-7-8-15(9-10-16-4)13(3)11-17-5/h12-14H,6-11H2,1-5H3. The molecule has 0 amide bonds. The first-order valence-corrected chi connectivity index (χ1v) is 6.61. The Bertz CT molecular complexity index is 167. The average Bonchev–Trinajstić information content (AvgIpc) is 2.33. The van der Waals surface area contributed by atoms with Crippen molar-refractivity contribution in [2.75, 3.05) is 47.1 Å². The lowest BCUT2D eigenvalue weighted by molar-refractivity contribution is 0.0753. The van der Waals surface area contributed by atoms with E-state index in [0.29, 0.717) is 12.1 Å². The van der Waals surface area contributed by atoms with Crippen LogP contribution in [0.2, 0.25) is 0 Å². The fourth-order valence-electron chi connectivity index (χ4n) is 1.71. The zero-order valence-electron chi connectivity index (χ0n) is 12.2. The SMILES string of the molecule is CCC(C)NCCN(CCOC)C(C)COC. The third kappa shape index (κ3) is 8.55. The summed E-state index contributed by atoms with van der Waals surface area (Å²) in [5.41, 5.74) is 0. The van der Waals surface area contributed by atoms with E-state index in [0.717, 1.165) is 32.8 Å². The van der Waals surface area contributed by atoms with Gasteiger partial charge in [0.05, 0.1) is 13.2 Å².